The highest BCUT2D eigenvalue weighted by Gasteiger charge is 2.37. The van der Waals surface area contributed by atoms with Crippen molar-refractivity contribution in [2.24, 2.45) is 5.92 Å². The number of carbonyl (C=O) groups excluding carboxylic acids is 3. The molecule has 27 heavy (non-hydrogen) atoms. The first-order chi connectivity index (χ1) is 12.7. The number of amides is 2. The summed E-state index contributed by atoms with van der Waals surface area (Å²) in [5, 5.41) is 2.51. The number of halogens is 1. The maximum absolute atomic E-state index is 13.8. The van der Waals surface area contributed by atoms with Crippen molar-refractivity contribution in [1.82, 2.24) is 5.32 Å². The van der Waals surface area contributed by atoms with Gasteiger partial charge in [0.2, 0.25) is 5.91 Å². The Kier molecular flexibility index (Phi) is 5.45. The Morgan fingerprint density at radius 2 is 2.04 bits per heavy atom. The number of hydrogen-bond donors (Lipinski definition) is 1. The molecule has 0 radical (unpaired) electrons. The lowest BCUT2D eigenvalue weighted by atomic mass is 10.1. The van der Waals surface area contributed by atoms with E-state index in [1.165, 1.54) is 23.1 Å². The number of anilines is 1. The van der Waals surface area contributed by atoms with Crippen LogP contribution in [0.4, 0.5) is 10.1 Å². The van der Waals surface area contributed by atoms with Gasteiger partial charge in [-0.2, -0.15) is 0 Å². The highest BCUT2D eigenvalue weighted by atomic mass is 32.2. The fourth-order valence-corrected chi connectivity index (χ4v) is 4.87. The molecule has 0 unspecified atom stereocenters. The SMILES string of the molecule is O=C(COC(=O)[C@@H]1CC(=O)N(c2ccccc2F)C1)N[C@H]1CCS(=O)(=O)C1. The summed E-state index contributed by atoms with van der Waals surface area (Å²) in [6, 6.07) is 5.28. The number of ether oxygens (including phenoxy) is 1. The second-order valence-electron chi connectivity index (χ2n) is 6.63. The Morgan fingerprint density at radius 1 is 1.30 bits per heavy atom. The summed E-state index contributed by atoms with van der Waals surface area (Å²) in [4.78, 5) is 37.2. The van der Waals surface area contributed by atoms with E-state index in [1.54, 1.807) is 6.07 Å². The van der Waals surface area contributed by atoms with Gasteiger partial charge in [-0.25, -0.2) is 12.8 Å². The Morgan fingerprint density at radius 3 is 2.70 bits per heavy atom. The molecule has 0 saturated carbocycles. The summed E-state index contributed by atoms with van der Waals surface area (Å²) in [5.41, 5.74) is 0.0954. The Hall–Kier alpha value is -2.49. The first-order valence-electron chi connectivity index (χ1n) is 8.46. The molecule has 2 saturated heterocycles. The number of nitrogens with one attached hydrogen (secondary N) is 1. The number of nitrogens with zero attached hydrogens (tertiary/aromatic N) is 1. The zero-order chi connectivity index (χ0) is 19.6. The minimum Gasteiger partial charge on any atom is -0.455 e. The number of benzene rings is 1. The molecule has 0 spiro atoms. The third-order valence-electron chi connectivity index (χ3n) is 4.54. The van der Waals surface area contributed by atoms with Crippen molar-refractivity contribution >= 4 is 33.3 Å². The summed E-state index contributed by atoms with van der Waals surface area (Å²) in [5.74, 6) is -3.18. The first kappa shape index (κ1) is 19.3. The van der Waals surface area contributed by atoms with Gasteiger partial charge in [-0.15, -0.1) is 0 Å². The summed E-state index contributed by atoms with van der Waals surface area (Å²) in [7, 11) is -3.12. The van der Waals surface area contributed by atoms with Gasteiger partial charge < -0.3 is 15.0 Å². The van der Waals surface area contributed by atoms with E-state index in [1.807, 2.05) is 0 Å². The molecular weight excluding hydrogens is 379 g/mol. The van der Waals surface area contributed by atoms with Crippen LogP contribution in [0.15, 0.2) is 24.3 Å². The van der Waals surface area contributed by atoms with E-state index < -0.39 is 52.0 Å². The molecule has 2 aliphatic rings. The molecule has 8 nitrogen and oxygen atoms in total. The second kappa shape index (κ2) is 7.63. The molecule has 0 bridgehead atoms. The molecule has 1 aromatic rings. The van der Waals surface area contributed by atoms with Crippen molar-refractivity contribution in [2.45, 2.75) is 18.9 Å². The van der Waals surface area contributed by atoms with Crippen molar-refractivity contribution in [1.29, 1.82) is 0 Å². The van der Waals surface area contributed by atoms with E-state index in [0.717, 1.165) is 0 Å². The Balaban J connectivity index is 1.50. The summed E-state index contributed by atoms with van der Waals surface area (Å²) in [6.45, 7) is -0.582. The average molecular weight is 398 g/mol. The van der Waals surface area contributed by atoms with Gasteiger partial charge in [-0.3, -0.25) is 14.4 Å². The van der Waals surface area contributed by atoms with Crippen molar-refractivity contribution in [2.75, 3.05) is 29.6 Å². The number of carbonyl (C=O) groups is 3. The fraction of sp³-hybridized carbons (Fsp3) is 0.471. The number of para-hydroxylation sites is 1. The van der Waals surface area contributed by atoms with E-state index in [9.17, 15) is 27.2 Å². The molecule has 2 aliphatic heterocycles. The molecule has 1 aromatic carbocycles. The third kappa shape index (κ3) is 4.62. The molecule has 146 valence electrons. The molecule has 0 aromatic heterocycles. The van der Waals surface area contributed by atoms with Gasteiger partial charge in [0.15, 0.2) is 16.4 Å². The van der Waals surface area contributed by atoms with Gasteiger partial charge >= 0.3 is 5.97 Å². The topological polar surface area (TPSA) is 110 Å². The lowest BCUT2D eigenvalue weighted by Crippen LogP contribution is -2.38. The molecule has 1 N–H and O–H groups in total. The molecule has 2 heterocycles. The van der Waals surface area contributed by atoms with E-state index in [4.69, 9.17) is 4.74 Å². The predicted molar refractivity (Wildman–Crippen MR) is 93.0 cm³/mol. The molecule has 0 aliphatic carbocycles. The van der Waals surface area contributed by atoms with Gasteiger partial charge in [-0.05, 0) is 18.6 Å². The zero-order valence-corrected chi connectivity index (χ0v) is 15.2. The van der Waals surface area contributed by atoms with Gasteiger partial charge in [0.05, 0.1) is 23.1 Å². The maximum Gasteiger partial charge on any atom is 0.311 e. The summed E-state index contributed by atoms with van der Waals surface area (Å²) >= 11 is 0. The van der Waals surface area contributed by atoms with Crippen molar-refractivity contribution in [3.63, 3.8) is 0 Å². The standard InChI is InChI=1S/C17H19FN2O6S/c18-13-3-1-2-4-14(13)20-8-11(7-16(20)22)17(23)26-9-15(21)19-12-5-6-27(24,25)10-12/h1-4,11-12H,5-10H2,(H,19,21)/t11-,12+/m1/s1. The smallest absolute Gasteiger partial charge is 0.311 e. The van der Waals surface area contributed by atoms with Crippen molar-refractivity contribution in [3.8, 4) is 0 Å². The van der Waals surface area contributed by atoms with Crippen LogP contribution in [0.25, 0.3) is 0 Å². The predicted octanol–water partition coefficient (Wildman–Crippen LogP) is 0.0251. The lowest BCUT2D eigenvalue weighted by Gasteiger charge is -2.17. The largest absolute Gasteiger partial charge is 0.455 e. The van der Waals surface area contributed by atoms with Crippen LogP contribution in [0.1, 0.15) is 12.8 Å². The first-order valence-corrected chi connectivity index (χ1v) is 10.3. The molecule has 3 rings (SSSR count). The monoisotopic (exact) mass is 398 g/mol. The fourth-order valence-electron chi connectivity index (χ4n) is 3.20. The van der Waals surface area contributed by atoms with E-state index in [-0.39, 0.29) is 30.2 Å². The van der Waals surface area contributed by atoms with E-state index in [2.05, 4.69) is 5.32 Å². The maximum atomic E-state index is 13.8. The quantitative estimate of drug-likeness (QED) is 0.701. The minimum atomic E-state index is -3.12. The zero-order valence-electron chi connectivity index (χ0n) is 14.4. The normalized spacial score (nSPS) is 24.0. The molecule has 2 amide bonds. The second-order valence-corrected chi connectivity index (χ2v) is 8.86. The molecular formula is C17H19FN2O6S. The van der Waals surface area contributed by atoms with Crippen LogP contribution in [-0.4, -0.2) is 56.9 Å². The Labute approximate surface area is 155 Å². The molecule has 2 atom stereocenters. The van der Waals surface area contributed by atoms with Crippen LogP contribution in [-0.2, 0) is 29.0 Å². The third-order valence-corrected chi connectivity index (χ3v) is 6.31. The van der Waals surface area contributed by atoms with Crippen LogP contribution in [0.2, 0.25) is 0 Å². The number of hydrogen-bond acceptors (Lipinski definition) is 6. The van der Waals surface area contributed by atoms with Gasteiger partial charge in [0, 0.05) is 19.0 Å². The van der Waals surface area contributed by atoms with Gasteiger partial charge in [0.25, 0.3) is 5.91 Å². The van der Waals surface area contributed by atoms with Crippen molar-refractivity contribution < 1.29 is 31.9 Å². The number of rotatable bonds is 5. The van der Waals surface area contributed by atoms with Crippen LogP contribution in [0.3, 0.4) is 0 Å². The Bertz CT molecular complexity index is 872. The van der Waals surface area contributed by atoms with Crippen LogP contribution < -0.4 is 10.2 Å². The highest BCUT2D eigenvalue weighted by Crippen LogP contribution is 2.27. The van der Waals surface area contributed by atoms with Crippen LogP contribution >= 0.6 is 0 Å². The summed E-state index contributed by atoms with van der Waals surface area (Å²) < 4.78 is 41.5. The number of sulfone groups is 1. The van der Waals surface area contributed by atoms with E-state index >= 15 is 0 Å². The summed E-state index contributed by atoms with van der Waals surface area (Å²) in [6.07, 6.45) is 0.201. The van der Waals surface area contributed by atoms with Crippen molar-refractivity contribution in [3.05, 3.63) is 30.1 Å². The molecule has 10 heteroatoms. The van der Waals surface area contributed by atoms with Gasteiger partial charge in [-0.1, -0.05) is 12.1 Å². The van der Waals surface area contributed by atoms with Gasteiger partial charge in [0.1, 0.15) is 5.82 Å². The minimum absolute atomic E-state index is 0.0216. The van der Waals surface area contributed by atoms with E-state index in [0.29, 0.717) is 6.42 Å². The van der Waals surface area contributed by atoms with Crippen LogP contribution in [0.5, 0.6) is 0 Å². The molecule has 2 fully saturated rings. The van der Waals surface area contributed by atoms with Crippen LogP contribution in [0, 0.1) is 11.7 Å². The number of esters is 1. The highest BCUT2D eigenvalue weighted by molar-refractivity contribution is 7.91. The lowest BCUT2D eigenvalue weighted by molar-refractivity contribution is -0.152. The average Bonchev–Trinajstić information content (AvgIpc) is 3.15.